The van der Waals surface area contributed by atoms with E-state index in [4.69, 9.17) is 0 Å². The second kappa shape index (κ2) is 5.19. The lowest BCUT2D eigenvalue weighted by molar-refractivity contribution is 0.100. The molecular weight excluding hydrogens is 164 g/mol. The molecule has 0 amide bonds. The summed E-state index contributed by atoms with van der Waals surface area (Å²) in [4.78, 5) is 19.2. The largest absolute Gasteiger partial charge is 0.297 e. The summed E-state index contributed by atoms with van der Waals surface area (Å²) in [5.74, 6) is 0.0605. The van der Waals surface area contributed by atoms with Gasteiger partial charge >= 0.3 is 0 Å². The van der Waals surface area contributed by atoms with E-state index in [2.05, 4.69) is 9.98 Å². The fraction of sp³-hybridized carbons (Fsp3) is 0.300. The van der Waals surface area contributed by atoms with Crippen molar-refractivity contribution in [2.75, 3.05) is 6.54 Å². The molecule has 68 valence electrons. The van der Waals surface area contributed by atoms with Crippen molar-refractivity contribution in [3.05, 3.63) is 30.1 Å². The fourth-order valence-corrected chi connectivity index (χ4v) is 0.922. The first-order valence-corrected chi connectivity index (χ1v) is 4.26. The zero-order chi connectivity index (χ0) is 9.52. The van der Waals surface area contributed by atoms with Crippen LogP contribution in [0.4, 0.5) is 0 Å². The third-order valence-corrected chi connectivity index (χ3v) is 1.57. The Hall–Kier alpha value is -1.51. The summed E-state index contributed by atoms with van der Waals surface area (Å²) in [6.45, 7) is 2.66. The van der Waals surface area contributed by atoms with Gasteiger partial charge in [-0.15, -0.1) is 0 Å². The zero-order valence-electron chi connectivity index (χ0n) is 7.60. The van der Waals surface area contributed by atoms with Crippen LogP contribution in [0.1, 0.15) is 23.7 Å². The van der Waals surface area contributed by atoms with Gasteiger partial charge in [0.1, 0.15) is 0 Å². The van der Waals surface area contributed by atoms with Crippen LogP contribution in [0.5, 0.6) is 0 Å². The molecule has 3 nitrogen and oxygen atoms in total. The lowest BCUT2D eigenvalue weighted by Gasteiger charge is -1.94. The summed E-state index contributed by atoms with van der Waals surface area (Å²) in [5.41, 5.74) is 0.644. The summed E-state index contributed by atoms with van der Waals surface area (Å²) in [6, 6.07) is 3.51. The van der Waals surface area contributed by atoms with Crippen LogP contribution in [0.25, 0.3) is 0 Å². The van der Waals surface area contributed by atoms with E-state index < -0.39 is 0 Å². The van der Waals surface area contributed by atoms with Crippen LogP contribution in [-0.2, 0) is 0 Å². The van der Waals surface area contributed by atoms with E-state index in [9.17, 15) is 4.79 Å². The summed E-state index contributed by atoms with van der Waals surface area (Å²) in [5, 5.41) is 0. The van der Waals surface area contributed by atoms with Crippen LogP contribution in [0.3, 0.4) is 0 Å². The van der Waals surface area contributed by atoms with Crippen LogP contribution in [-0.4, -0.2) is 23.5 Å². The first-order valence-electron chi connectivity index (χ1n) is 4.26. The first kappa shape index (κ1) is 9.58. The Kier molecular flexibility index (Phi) is 3.82. The number of aliphatic imine (C=N–C) groups is 1. The molecule has 13 heavy (non-hydrogen) atoms. The zero-order valence-corrected chi connectivity index (χ0v) is 7.60. The Morgan fingerprint density at radius 3 is 3.15 bits per heavy atom. The van der Waals surface area contributed by atoms with Gasteiger partial charge in [0, 0.05) is 37.1 Å². The van der Waals surface area contributed by atoms with Crippen LogP contribution in [0.2, 0.25) is 0 Å². The van der Waals surface area contributed by atoms with E-state index in [1.165, 1.54) is 0 Å². The molecule has 0 radical (unpaired) electrons. The van der Waals surface area contributed by atoms with E-state index in [0.29, 0.717) is 12.0 Å². The minimum atomic E-state index is 0.0605. The highest BCUT2D eigenvalue weighted by molar-refractivity contribution is 6.03. The van der Waals surface area contributed by atoms with Crippen LogP contribution < -0.4 is 0 Å². The average Bonchev–Trinajstić information content (AvgIpc) is 2.19. The van der Waals surface area contributed by atoms with E-state index in [0.717, 1.165) is 6.54 Å². The average molecular weight is 176 g/mol. The molecule has 0 bridgehead atoms. The molecule has 0 N–H and O–H groups in total. The first-order chi connectivity index (χ1) is 6.34. The highest BCUT2D eigenvalue weighted by atomic mass is 16.1. The second-order valence-corrected chi connectivity index (χ2v) is 2.55. The van der Waals surface area contributed by atoms with Gasteiger partial charge in [-0.3, -0.25) is 14.8 Å². The van der Waals surface area contributed by atoms with Gasteiger partial charge in [0.15, 0.2) is 5.78 Å². The Balaban J connectivity index is 2.54. The lowest BCUT2D eigenvalue weighted by Crippen LogP contribution is -1.99. The van der Waals surface area contributed by atoms with Gasteiger partial charge in [-0.25, -0.2) is 0 Å². The number of rotatable bonds is 4. The molecule has 0 fully saturated rings. The molecule has 1 rings (SSSR count). The maximum atomic E-state index is 11.4. The van der Waals surface area contributed by atoms with E-state index in [1.807, 2.05) is 6.92 Å². The minimum absolute atomic E-state index is 0.0605. The SMILES string of the molecule is CCN=CCC(=O)c1cccnc1. The predicted molar refractivity (Wildman–Crippen MR) is 52.2 cm³/mol. The molecule has 0 spiro atoms. The Bertz CT molecular complexity index is 293. The van der Waals surface area contributed by atoms with Crippen LogP contribution >= 0.6 is 0 Å². The van der Waals surface area contributed by atoms with Gasteiger partial charge < -0.3 is 0 Å². The molecule has 1 aromatic heterocycles. The summed E-state index contributed by atoms with van der Waals surface area (Å²) in [6.07, 6.45) is 5.23. The minimum Gasteiger partial charge on any atom is -0.297 e. The fourth-order valence-electron chi connectivity index (χ4n) is 0.922. The number of hydrogen-bond acceptors (Lipinski definition) is 3. The summed E-state index contributed by atoms with van der Waals surface area (Å²) in [7, 11) is 0. The maximum Gasteiger partial charge on any atom is 0.169 e. The Morgan fingerprint density at radius 1 is 1.69 bits per heavy atom. The molecule has 0 aliphatic carbocycles. The molecule has 1 aromatic rings. The lowest BCUT2D eigenvalue weighted by atomic mass is 10.1. The van der Waals surface area contributed by atoms with Gasteiger partial charge in [0.25, 0.3) is 0 Å². The topological polar surface area (TPSA) is 42.3 Å². The summed E-state index contributed by atoms with van der Waals surface area (Å²) >= 11 is 0. The monoisotopic (exact) mass is 176 g/mol. The van der Waals surface area contributed by atoms with Gasteiger partial charge in [-0.1, -0.05) is 0 Å². The third-order valence-electron chi connectivity index (χ3n) is 1.57. The number of hydrogen-bond donors (Lipinski definition) is 0. The van der Waals surface area contributed by atoms with Gasteiger partial charge in [-0.2, -0.15) is 0 Å². The van der Waals surface area contributed by atoms with Gasteiger partial charge in [0.2, 0.25) is 0 Å². The van der Waals surface area contributed by atoms with Crippen LogP contribution in [0.15, 0.2) is 29.5 Å². The molecule has 0 aliphatic rings. The quantitative estimate of drug-likeness (QED) is 0.518. The number of nitrogens with zero attached hydrogens (tertiary/aromatic N) is 2. The molecule has 0 unspecified atom stereocenters. The van der Waals surface area contributed by atoms with Crippen molar-refractivity contribution in [2.24, 2.45) is 4.99 Å². The Morgan fingerprint density at radius 2 is 2.54 bits per heavy atom. The van der Waals surface area contributed by atoms with Crippen molar-refractivity contribution in [1.82, 2.24) is 4.98 Å². The van der Waals surface area contributed by atoms with Crippen molar-refractivity contribution in [3.63, 3.8) is 0 Å². The van der Waals surface area contributed by atoms with E-state index in [-0.39, 0.29) is 5.78 Å². The van der Waals surface area contributed by atoms with E-state index >= 15 is 0 Å². The predicted octanol–water partition coefficient (Wildman–Crippen LogP) is 1.75. The van der Waals surface area contributed by atoms with Crippen molar-refractivity contribution in [1.29, 1.82) is 0 Å². The van der Waals surface area contributed by atoms with Gasteiger partial charge in [0.05, 0.1) is 0 Å². The number of carbonyl (C=O) groups is 1. The van der Waals surface area contributed by atoms with Crippen molar-refractivity contribution < 1.29 is 4.79 Å². The molecule has 0 atom stereocenters. The molecule has 0 aliphatic heterocycles. The molecular formula is C10H12N2O. The molecule has 1 heterocycles. The van der Waals surface area contributed by atoms with Gasteiger partial charge in [-0.05, 0) is 19.1 Å². The number of aromatic nitrogens is 1. The third kappa shape index (κ3) is 3.15. The number of carbonyl (C=O) groups excluding carboxylic acids is 1. The molecule has 3 heteroatoms. The van der Waals surface area contributed by atoms with Crippen molar-refractivity contribution >= 4 is 12.0 Å². The van der Waals surface area contributed by atoms with E-state index in [1.54, 1.807) is 30.7 Å². The normalized spacial score (nSPS) is 10.5. The standard InChI is InChI=1S/C10H12N2O/c1-2-11-7-5-10(13)9-4-3-6-12-8-9/h3-4,6-8H,2,5H2,1H3. The molecule has 0 saturated heterocycles. The number of pyridine rings is 1. The van der Waals surface area contributed by atoms with Crippen LogP contribution in [0, 0.1) is 0 Å². The van der Waals surface area contributed by atoms with Crippen molar-refractivity contribution in [2.45, 2.75) is 13.3 Å². The number of Topliss-reactive ketones (excluding diaryl/α,β-unsaturated/α-hetero) is 1. The highest BCUT2D eigenvalue weighted by Crippen LogP contribution is 1.99. The number of ketones is 1. The highest BCUT2D eigenvalue weighted by Gasteiger charge is 2.01. The molecule has 0 saturated carbocycles. The smallest absolute Gasteiger partial charge is 0.169 e. The maximum absolute atomic E-state index is 11.4. The Labute approximate surface area is 77.5 Å². The van der Waals surface area contributed by atoms with Crippen molar-refractivity contribution in [3.8, 4) is 0 Å². The summed E-state index contributed by atoms with van der Waals surface area (Å²) < 4.78 is 0. The second-order valence-electron chi connectivity index (χ2n) is 2.55. The molecule has 0 aromatic carbocycles.